The first-order chi connectivity index (χ1) is 9.19. The number of aromatic nitrogens is 1. The number of anilines is 1. The lowest BCUT2D eigenvalue weighted by Gasteiger charge is -2.28. The molecule has 0 amide bonds. The molecule has 0 spiro atoms. The standard InChI is InChI=1S/C15H22N2O2/c1-2-11-3-5-12(6-4-11)10-17-14-9-13(15(18)19)7-8-16-14/h7-9,11-12H,2-6,10H2,1H3,(H,16,17)(H,18,19). The Morgan fingerprint density at radius 1 is 1.37 bits per heavy atom. The van der Waals surface area contributed by atoms with E-state index in [-0.39, 0.29) is 5.56 Å². The van der Waals surface area contributed by atoms with Crippen molar-refractivity contribution in [1.82, 2.24) is 4.98 Å². The van der Waals surface area contributed by atoms with Crippen LogP contribution in [0.5, 0.6) is 0 Å². The highest BCUT2D eigenvalue weighted by molar-refractivity contribution is 5.88. The Kier molecular flexibility index (Phi) is 4.77. The Morgan fingerprint density at radius 2 is 2.05 bits per heavy atom. The van der Waals surface area contributed by atoms with Gasteiger partial charge in [-0.3, -0.25) is 0 Å². The van der Waals surface area contributed by atoms with Crippen molar-refractivity contribution in [2.75, 3.05) is 11.9 Å². The minimum Gasteiger partial charge on any atom is -0.478 e. The zero-order valence-corrected chi connectivity index (χ0v) is 11.4. The molecule has 0 unspecified atom stereocenters. The van der Waals surface area contributed by atoms with Gasteiger partial charge in [0.2, 0.25) is 0 Å². The van der Waals surface area contributed by atoms with E-state index < -0.39 is 5.97 Å². The van der Waals surface area contributed by atoms with Gasteiger partial charge in [0.05, 0.1) is 5.56 Å². The second kappa shape index (κ2) is 6.55. The van der Waals surface area contributed by atoms with Crippen LogP contribution in [-0.4, -0.2) is 22.6 Å². The van der Waals surface area contributed by atoms with E-state index in [1.54, 1.807) is 12.3 Å². The van der Waals surface area contributed by atoms with Gasteiger partial charge in [-0.2, -0.15) is 0 Å². The normalized spacial score (nSPS) is 23.0. The van der Waals surface area contributed by atoms with Crippen molar-refractivity contribution in [2.45, 2.75) is 39.0 Å². The highest BCUT2D eigenvalue weighted by Gasteiger charge is 2.19. The lowest BCUT2D eigenvalue weighted by molar-refractivity contribution is 0.0697. The Morgan fingerprint density at radius 3 is 2.68 bits per heavy atom. The van der Waals surface area contributed by atoms with E-state index in [2.05, 4.69) is 17.2 Å². The van der Waals surface area contributed by atoms with Crippen LogP contribution in [0.15, 0.2) is 18.3 Å². The lowest BCUT2D eigenvalue weighted by atomic mass is 9.81. The molecule has 0 saturated heterocycles. The van der Waals surface area contributed by atoms with Gasteiger partial charge in [0, 0.05) is 12.7 Å². The van der Waals surface area contributed by atoms with Crippen LogP contribution >= 0.6 is 0 Å². The third-order valence-corrected chi connectivity index (χ3v) is 4.12. The highest BCUT2D eigenvalue weighted by Crippen LogP contribution is 2.30. The van der Waals surface area contributed by atoms with Gasteiger partial charge < -0.3 is 10.4 Å². The van der Waals surface area contributed by atoms with Crippen LogP contribution in [0.25, 0.3) is 0 Å². The summed E-state index contributed by atoms with van der Waals surface area (Å²) in [6.07, 6.45) is 8.02. The van der Waals surface area contributed by atoms with E-state index in [1.807, 2.05) is 0 Å². The second-order valence-corrected chi connectivity index (χ2v) is 5.41. The van der Waals surface area contributed by atoms with Crippen LogP contribution in [0.1, 0.15) is 49.4 Å². The molecule has 1 aromatic rings. The van der Waals surface area contributed by atoms with E-state index in [4.69, 9.17) is 5.11 Å². The highest BCUT2D eigenvalue weighted by atomic mass is 16.4. The summed E-state index contributed by atoms with van der Waals surface area (Å²) >= 11 is 0. The summed E-state index contributed by atoms with van der Waals surface area (Å²) in [5.41, 5.74) is 0.284. The average Bonchev–Trinajstić information content (AvgIpc) is 2.46. The first-order valence-electron chi connectivity index (χ1n) is 7.12. The van der Waals surface area contributed by atoms with Crippen molar-refractivity contribution in [1.29, 1.82) is 0 Å². The van der Waals surface area contributed by atoms with Gasteiger partial charge in [0.15, 0.2) is 0 Å². The Balaban J connectivity index is 1.82. The summed E-state index contributed by atoms with van der Waals surface area (Å²) < 4.78 is 0. The summed E-state index contributed by atoms with van der Waals surface area (Å²) in [7, 11) is 0. The van der Waals surface area contributed by atoms with Gasteiger partial charge >= 0.3 is 5.97 Å². The van der Waals surface area contributed by atoms with E-state index in [1.165, 1.54) is 38.2 Å². The fourth-order valence-corrected chi connectivity index (χ4v) is 2.75. The monoisotopic (exact) mass is 262 g/mol. The van der Waals surface area contributed by atoms with Crippen molar-refractivity contribution in [2.24, 2.45) is 11.8 Å². The van der Waals surface area contributed by atoms with Gasteiger partial charge in [-0.15, -0.1) is 0 Å². The quantitative estimate of drug-likeness (QED) is 0.853. The number of aromatic carboxylic acids is 1. The van der Waals surface area contributed by atoms with Crippen molar-refractivity contribution >= 4 is 11.8 Å². The van der Waals surface area contributed by atoms with Crippen molar-refractivity contribution in [3.05, 3.63) is 23.9 Å². The molecule has 0 radical (unpaired) electrons. The fourth-order valence-electron chi connectivity index (χ4n) is 2.75. The molecule has 4 nitrogen and oxygen atoms in total. The number of nitrogens with zero attached hydrogens (tertiary/aromatic N) is 1. The van der Waals surface area contributed by atoms with Crippen LogP contribution in [0.4, 0.5) is 5.82 Å². The Bertz CT molecular complexity index is 426. The molecule has 19 heavy (non-hydrogen) atoms. The molecule has 1 fully saturated rings. The topological polar surface area (TPSA) is 62.2 Å². The minimum absolute atomic E-state index is 0.284. The third-order valence-electron chi connectivity index (χ3n) is 4.12. The largest absolute Gasteiger partial charge is 0.478 e. The number of carboxylic acid groups (broad SMARTS) is 1. The van der Waals surface area contributed by atoms with E-state index in [0.29, 0.717) is 11.7 Å². The van der Waals surface area contributed by atoms with Crippen molar-refractivity contribution in [3.8, 4) is 0 Å². The number of carbonyl (C=O) groups is 1. The van der Waals surface area contributed by atoms with Crippen LogP contribution < -0.4 is 5.32 Å². The molecule has 1 aliphatic rings. The number of rotatable bonds is 5. The third kappa shape index (κ3) is 3.94. The Labute approximate surface area is 114 Å². The average molecular weight is 262 g/mol. The molecular weight excluding hydrogens is 240 g/mol. The molecule has 1 heterocycles. The number of pyridine rings is 1. The molecule has 0 aliphatic heterocycles. The molecule has 0 atom stereocenters. The maximum atomic E-state index is 10.9. The number of hydrogen-bond acceptors (Lipinski definition) is 3. The minimum atomic E-state index is -0.908. The molecular formula is C15H22N2O2. The molecule has 1 aliphatic carbocycles. The molecule has 2 N–H and O–H groups in total. The molecule has 104 valence electrons. The zero-order chi connectivity index (χ0) is 13.7. The van der Waals surface area contributed by atoms with Gasteiger partial charge in [0.1, 0.15) is 5.82 Å². The summed E-state index contributed by atoms with van der Waals surface area (Å²) in [6, 6.07) is 3.11. The molecule has 2 rings (SSSR count). The number of carboxylic acids is 1. The van der Waals surface area contributed by atoms with E-state index >= 15 is 0 Å². The van der Waals surface area contributed by atoms with E-state index in [9.17, 15) is 4.79 Å². The van der Waals surface area contributed by atoms with Gasteiger partial charge in [0.25, 0.3) is 0 Å². The molecule has 1 aromatic heterocycles. The molecule has 0 bridgehead atoms. The van der Waals surface area contributed by atoms with Gasteiger partial charge in [-0.1, -0.05) is 26.2 Å². The molecule has 1 saturated carbocycles. The first-order valence-corrected chi connectivity index (χ1v) is 7.12. The van der Waals surface area contributed by atoms with Crippen molar-refractivity contribution < 1.29 is 9.90 Å². The second-order valence-electron chi connectivity index (χ2n) is 5.41. The van der Waals surface area contributed by atoms with E-state index in [0.717, 1.165) is 12.5 Å². The zero-order valence-electron chi connectivity index (χ0n) is 11.4. The summed E-state index contributed by atoms with van der Waals surface area (Å²) in [5.74, 6) is 1.36. The number of hydrogen-bond donors (Lipinski definition) is 2. The van der Waals surface area contributed by atoms with Crippen LogP contribution in [0, 0.1) is 11.8 Å². The molecule has 0 aromatic carbocycles. The SMILES string of the molecule is CCC1CCC(CNc2cc(C(=O)O)ccn2)CC1. The van der Waals surface area contributed by atoms with Crippen molar-refractivity contribution in [3.63, 3.8) is 0 Å². The summed E-state index contributed by atoms with van der Waals surface area (Å²) in [5, 5.41) is 12.2. The first kappa shape index (κ1) is 13.8. The van der Waals surface area contributed by atoms with Gasteiger partial charge in [-0.05, 0) is 36.8 Å². The maximum absolute atomic E-state index is 10.9. The predicted molar refractivity (Wildman–Crippen MR) is 75.4 cm³/mol. The van der Waals surface area contributed by atoms with Crippen LogP contribution in [0.2, 0.25) is 0 Å². The predicted octanol–water partition coefficient (Wildman–Crippen LogP) is 3.41. The fraction of sp³-hybridized carbons (Fsp3) is 0.600. The van der Waals surface area contributed by atoms with Gasteiger partial charge in [-0.25, -0.2) is 9.78 Å². The van der Waals surface area contributed by atoms with Crippen LogP contribution in [0.3, 0.4) is 0 Å². The van der Waals surface area contributed by atoms with Crippen LogP contribution in [-0.2, 0) is 0 Å². The summed E-state index contributed by atoms with van der Waals surface area (Å²) in [4.78, 5) is 15.0. The Hall–Kier alpha value is -1.58. The number of nitrogens with one attached hydrogen (secondary N) is 1. The molecule has 4 heteroatoms. The smallest absolute Gasteiger partial charge is 0.335 e. The maximum Gasteiger partial charge on any atom is 0.335 e. The summed E-state index contributed by atoms with van der Waals surface area (Å²) in [6.45, 7) is 3.16. The lowest BCUT2D eigenvalue weighted by Crippen LogP contribution is -2.21.